The molecule has 3 N–H and O–H groups in total. The van der Waals surface area contributed by atoms with Crippen LogP contribution in [0.5, 0.6) is 0 Å². The van der Waals surface area contributed by atoms with Crippen molar-refractivity contribution >= 4 is 22.6 Å². The number of nitrogens with two attached hydrogens (primary N) is 1. The lowest BCUT2D eigenvalue weighted by Gasteiger charge is -2.07. The van der Waals surface area contributed by atoms with Crippen LogP contribution in [-0.4, -0.2) is 17.1 Å². The summed E-state index contributed by atoms with van der Waals surface area (Å²) in [5, 5.41) is 25.5. The number of rotatable bonds is 3. The highest BCUT2D eigenvalue weighted by Crippen LogP contribution is 2.21. The summed E-state index contributed by atoms with van der Waals surface area (Å²) in [6.07, 6.45) is 0. The summed E-state index contributed by atoms with van der Waals surface area (Å²) in [6, 6.07) is 11.7. The van der Waals surface area contributed by atoms with Crippen LogP contribution in [0.15, 0.2) is 35.9 Å². The maximum absolute atomic E-state index is 10.0. The number of nitriles is 2. The van der Waals surface area contributed by atoms with Gasteiger partial charge in [-0.3, -0.25) is 4.79 Å². The Balaban J connectivity index is 0.000000433. The lowest BCUT2D eigenvalue weighted by molar-refractivity contribution is -0.139. The zero-order chi connectivity index (χ0) is 16.4. The Morgan fingerprint density at radius 1 is 1.24 bits per heavy atom. The molecule has 0 amide bonds. The summed E-state index contributed by atoms with van der Waals surface area (Å²) in [7, 11) is 0. The third kappa shape index (κ3) is 6.58. The van der Waals surface area contributed by atoms with Gasteiger partial charge in [0.25, 0.3) is 0 Å². The first-order chi connectivity index (χ1) is 9.84. The normalized spacial score (nSPS) is 10.4. The van der Waals surface area contributed by atoms with Gasteiger partial charge in [-0.05, 0) is 11.5 Å². The average molecular weight is 306 g/mol. The standard InChI is InChI=1S/C10H5ClN2.C5H11NO2/c11-10(9(6-12)7-13)8-4-2-1-3-5-8;1-3(2)4(6)5(7)8/h1-5H;3-4H,6H2,1-2H3,(H,7,8)/t;4-/m.0/s1. The van der Waals surface area contributed by atoms with Crippen LogP contribution < -0.4 is 5.73 Å². The Kier molecular flexibility index (Phi) is 8.48. The summed E-state index contributed by atoms with van der Waals surface area (Å²) in [5.74, 6) is -0.910. The number of allylic oxidation sites excluding steroid dienone is 1. The van der Waals surface area contributed by atoms with Gasteiger partial charge in [-0.15, -0.1) is 0 Å². The highest BCUT2D eigenvalue weighted by Gasteiger charge is 2.14. The van der Waals surface area contributed by atoms with Gasteiger partial charge in [-0.2, -0.15) is 10.5 Å². The summed E-state index contributed by atoms with van der Waals surface area (Å²) >= 11 is 5.81. The third-order valence-electron chi connectivity index (χ3n) is 2.47. The van der Waals surface area contributed by atoms with E-state index >= 15 is 0 Å². The van der Waals surface area contributed by atoms with Crippen LogP contribution in [0.3, 0.4) is 0 Å². The molecule has 0 aliphatic rings. The lowest BCUT2D eigenvalue weighted by Crippen LogP contribution is -2.34. The van der Waals surface area contributed by atoms with Crippen LogP contribution in [0.2, 0.25) is 0 Å². The fourth-order valence-electron chi connectivity index (χ4n) is 1.14. The molecule has 1 rings (SSSR count). The number of carbonyl (C=O) groups is 1. The van der Waals surface area contributed by atoms with E-state index in [1.54, 1.807) is 50.3 Å². The second kappa shape index (κ2) is 9.55. The number of carboxylic acids is 1. The predicted molar refractivity (Wildman–Crippen MR) is 80.9 cm³/mol. The maximum atomic E-state index is 10.0. The summed E-state index contributed by atoms with van der Waals surface area (Å²) < 4.78 is 0. The molecule has 1 atom stereocenters. The SMILES string of the molecule is CC(C)[C@H](N)C(=O)O.N#CC(C#N)=C(Cl)c1ccccc1. The fourth-order valence-corrected chi connectivity index (χ4v) is 1.35. The van der Waals surface area contributed by atoms with Crippen molar-refractivity contribution < 1.29 is 9.90 Å². The van der Waals surface area contributed by atoms with Crippen molar-refractivity contribution in [3.63, 3.8) is 0 Å². The Morgan fingerprint density at radius 2 is 1.71 bits per heavy atom. The van der Waals surface area contributed by atoms with Gasteiger partial charge >= 0.3 is 5.97 Å². The Hall–Kier alpha value is -2.34. The summed E-state index contributed by atoms with van der Waals surface area (Å²) in [4.78, 5) is 10.0. The second-order valence-corrected chi connectivity index (χ2v) is 4.76. The van der Waals surface area contributed by atoms with E-state index in [1.165, 1.54) is 0 Å². The molecular formula is C15H16ClN3O2. The van der Waals surface area contributed by atoms with Crippen LogP contribution in [0, 0.1) is 28.6 Å². The summed E-state index contributed by atoms with van der Waals surface area (Å²) in [5.41, 5.74) is 5.78. The minimum atomic E-state index is -0.931. The molecule has 5 nitrogen and oxygen atoms in total. The largest absolute Gasteiger partial charge is 0.480 e. The first-order valence-corrected chi connectivity index (χ1v) is 6.46. The van der Waals surface area contributed by atoms with E-state index in [2.05, 4.69) is 0 Å². The topological polar surface area (TPSA) is 111 Å². The molecule has 6 heteroatoms. The molecule has 0 radical (unpaired) electrons. The molecule has 21 heavy (non-hydrogen) atoms. The van der Waals surface area contributed by atoms with Crippen molar-refractivity contribution in [2.45, 2.75) is 19.9 Å². The van der Waals surface area contributed by atoms with Crippen molar-refractivity contribution in [3.05, 3.63) is 41.5 Å². The number of nitrogens with zero attached hydrogens (tertiary/aromatic N) is 2. The first-order valence-electron chi connectivity index (χ1n) is 6.08. The Labute approximate surface area is 128 Å². The summed E-state index contributed by atoms with van der Waals surface area (Å²) in [6.45, 7) is 3.55. The third-order valence-corrected chi connectivity index (χ3v) is 2.88. The zero-order valence-electron chi connectivity index (χ0n) is 11.7. The number of hydrogen-bond donors (Lipinski definition) is 2. The van der Waals surface area contributed by atoms with Crippen LogP contribution in [0.25, 0.3) is 5.03 Å². The van der Waals surface area contributed by atoms with Crippen LogP contribution >= 0.6 is 11.6 Å². The molecule has 0 saturated heterocycles. The van der Waals surface area contributed by atoms with Crippen molar-refractivity contribution in [2.75, 3.05) is 0 Å². The molecule has 0 spiro atoms. The molecule has 0 bridgehead atoms. The van der Waals surface area contributed by atoms with Crippen molar-refractivity contribution in [1.82, 2.24) is 0 Å². The van der Waals surface area contributed by atoms with Gasteiger partial charge < -0.3 is 10.8 Å². The first kappa shape index (κ1) is 18.7. The molecule has 0 aliphatic heterocycles. The van der Waals surface area contributed by atoms with Gasteiger partial charge in [-0.25, -0.2) is 0 Å². The number of hydrogen-bond acceptors (Lipinski definition) is 4. The minimum Gasteiger partial charge on any atom is -0.480 e. The number of benzene rings is 1. The van der Waals surface area contributed by atoms with Crippen molar-refractivity contribution in [2.24, 2.45) is 11.7 Å². The maximum Gasteiger partial charge on any atom is 0.320 e. The van der Waals surface area contributed by atoms with Crippen LogP contribution in [-0.2, 0) is 4.79 Å². The fraction of sp³-hybridized carbons (Fsp3) is 0.267. The molecule has 1 aromatic rings. The molecule has 110 valence electrons. The van der Waals surface area contributed by atoms with E-state index < -0.39 is 12.0 Å². The van der Waals surface area contributed by atoms with Crippen molar-refractivity contribution in [3.8, 4) is 12.1 Å². The molecule has 0 aliphatic carbocycles. The van der Waals surface area contributed by atoms with Gasteiger partial charge in [0.05, 0.1) is 5.03 Å². The highest BCUT2D eigenvalue weighted by atomic mass is 35.5. The lowest BCUT2D eigenvalue weighted by atomic mass is 10.1. The molecule has 0 saturated carbocycles. The monoisotopic (exact) mass is 305 g/mol. The second-order valence-electron chi connectivity index (χ2n) is 4.39. The van der Waals surface area contributed by atoms with E-state index in [1.807, 2.05) is 6.07 Å². The smallest absolute Gasteiger partial charge is 0.320 e. The van der Waals surface area contributed by atoms with Crippen molar-refractivity contribution in [1.29, 1.82) is 10.5 Å². The number of aliphatic carboxylic acids is 1. The zero-order valence-corrected chi connectivity index (χ0v) is 12.5. The Morgan fingerprint density at radius 3 is 2.00 bits per heavy atom. The molecule has 0 unspecified atom stereocenters. The highest BCUT2D eigenvalue weighted by molar-refractivity contribution is 6.49. The molecule has 1 aromatic carbocycles. The van der Waals surface area contributed by atoms with E-state index in [-0.39, 0.29) is 16.5 Å². The molecular weight excluding hydrogens is 290 g/mol. The molecule has 0 heterocycles. The minimum absolute atomic E-state index is 0.0208. The van der Waals surface area contributed by atoms with Crippen LogP contribution in [0.4, 0.5) is 0 Å². The molecule has 0 fully saturated rings. The van der Waals surface area contributed by atoms with Gasteiger partial charge in [0, 0.05) is 0 Å². The van der Waals surface area contributed by atoms with E-state index in [4.69, 9.17) is 33.0 Å². The van der Waals surface area contributed by atoms with Crippen LogP contribution in [0.1, 0.15) is 19.4 Å². The Bertz CT molecular complexity index is 567. The van der Waals surface area contributed by atoms with Gasteiger partial charge in [-0.1, -0.05) is 55.8 Å². The number of carboxylic acid groups (broad SMARTS) is 1. The van der Waals surface area contributed by atoms with E-state index in [9.17, 15) is 4.79 Å². The van der Waals surface area contributed by atoms with Gasteiger partial charge in [0.1, 0.15) is 23.8 Å². The van der Waals surface area contributed by atoms with Gasteiger partial charge in [0.2, 0.25) is 0 Å². The number of halogens is 1. The van der Waals surface area contributed by atoms with E-state index in [0.717, 1.165) is 0 Å². The predicted octanol–water partition coefficient (Wildman–Crippen LogP) is 2.74. The quantitative estimate of drug-likeness (QED) is 0.834. The molecule has 0 aromatic heterocycles. The van der Waals surface area contributed by atoms with E-state index in [0.29, 0.717) is 5.56 Å². The van der Waals surface area contributed by atoms with Gasteiger partial charge in [0.15, 0.2) is 0 Å². The average Bonchev–Trinajstić information content (AvgIpc) is 2.48.